The molecule has 2 rings (SSSR count). The molecule has 3 nitrogen and oxygen atoms in total. The highest BCUT2D eigenvalue weighted by Crippen LogP contribution is 2.24. The van der Waals surface area contributed by atoms with Crippen LogP contribution in [0.1, 0.15) is 11.1 Å². The van der Waals surface area contributed by atoms with E-state index in [0.29, 0.717) is 6.61 Å². The molecule has 0 saturated carbocycles. The Kier molecular flexibility index (Phi) is 5.81. The van der Waals surface area contributed by atoms with E-state index in [0.717, 1.165) is 24.9 Å². The minimum atomic E-state index is -0.458. The van der Waals surface area contributed by atoms with Gasteiger partial charge in [-0.15, -0.1) is 0 Å². The average molecular weight is 458 g/mol. The maximum absolute atomic E-state index is 10.7. The molecule has 0 aromatic heterocycles. The monoisotopic (exact) mass is 457 g/mol. The van der Waals surface area contributed by atoms with Crippen molar-refractivity contribution in [3.63, 3.8) is 0 Å². The van der Waals surface area contributed by atoms with Crippen LogP contribution in [0, 0.1) is 3.57 Å². The Morgan fingerprint density at radius 1 is 1.29 bits per heavy atom. The van der Waals surface area contributed by atoms with E-state index in [1.165, 1.54) is 6.08 Å². The molecular formula is C16H13BrINO2. The second kappa shape index (κ2) is 7.61. The molecule has 21 heavy (non-hydrogen) atoms. The molecule has 0 unspecified atom stereocenters. The number of amides is 1. The number of carbonyl (C=O) groups excluding carboxylic acids is 1. The van der Waals surface area contributed by atoms with Crippen LogP contribution in [-0.2, 0) is 11.4 Å². The fraction of sp³-hybridized carbons (Fsp3) is 0.0625. The van der Waals surface area contributed by atoms with Crippen molar-refractivity contribution in [2.45, 2.75) is 6.61 Å². The topological polar surface area (TPSA) is 52.3 Å². The lowest BCUT2D eigenvalue weighted by atomic mass is 10.2. The molecule has 0 spiro atoms. The highest BCUT2D eigenvalue weighted by Gasteiger charge is 2.03. The Hall–Kier alpha value is -1.34. The number of hydrogen-bond donors (Lipinski definition) is 1. The summed E-state index contributed by atoms with van der Waals surface area (Å²) >= 11 is 5.65. The normalized spacial score (nSPS) is 10.8. The summed E-state index contributed by atoms with van der Waals surface area (Å²) in [4.78, 5) is 10.7. The van der Waals surface area contributed by atoms with E-state index in [1.54, 1.807) is 6.08 Å². The molecule has 0 aliphatic heterocycles. The van der Waals surface area contributed by atoms with Crippen LogP contribution in [0.5, 0.6) is 5.75 Å². The lowest BCUT2D eigenvalue weighted by molar-refractivity contribution is -0.113. The zero-order valence-electron chi connectivity index (χ0n) is 11.1. The third-order valence-electron chi connectivity index (χ3n) is 2.68. The number of rotatable bonds is 5. The third-order valence-corrected chi connectivity index (χ3v) is 4.02. The average Bonchev–Trinajstić information content (AvgIpc) is 2.44. The van der Waals surface area contributed by atoms with Crippen molar-refractivity contribution in [3.05, 3.63) is 67.7 Å². The van der Waals surface area contributed by atoms with Gasteiger partial charge >= 0.3 is 0 Å². The molecule has 2 N–H and O–H groups in total. The first-order chi connectivity index (χ1) is 10.0. The van der Waals surface area contributed by atoms with Gasteiger partial charge in [0.15, 0.2) is 0 Å². The SMILES string of the molecule is NC(=O)/C=C\c1ccc(OCc2cccc(Br)c2)c(I)c1. The third kappa shape index (κ3) is 5.17. The molecule has 0 fully saturated rings. The van der Waals surface area contributed by atoms with Crippen LogP contribution in [0.3, 0.4) is 0 Å². The Balaban J connectivity index is 2.06. The predicted molar refractivity (Wildman–Crippen MR) is 95.9 cm³/mol. The lowest BCUT2D eigenvalue weighted by Crippen LogP contribution is -2.05. The van der Waals surface area contributed by atoms with Gasteiger partial charge in [-0.1, -0.05) is 34.1 Å². The number of carbonyl (C=O) groups is 1. The minimum Gasteiger partial charge on any atom is -0.488 e. The van der Waals surface area contributed by atoms with Crippen molar-refractivity contribution in [1.29, 1.82) is 0 Å². The maximum Gasteiger partial charge on any atom is 0.241 e. The van der Waals surface area contributed by atoms with Gasteiger partial charge in [0, 0.05) is 10.5 Å². The zero-order chi connectivity index (χ0) is 15.2. The van der Waals surface area contributed by atoms with Crippen molar-refractivity contribution < 1.29 is 9.53 Å². The van der Waals surface area contributed by atoms with Crippen LogP contribution in [-0.4, -0.2) is 5.91 Å². The summed E-state index contributed by atoms with van der Waals surface area (Å²) in [5.74, 6) is 0.354. The molecule has 108 valence electrons. The molecule has 2 aromatic carbocycles. The first kappa shape index (κ1) is 16.0. The van der Waals surface area contributed by atoms with Gasteiger partial charge in [-0.3, -0.25) is 4.79 Å². The number of nitrogens with two attached hydrogens (primary N) is 1. The van der Waals surface area contributed by atoms with Gasteiger partial charge in [0.05, 0.1) is 3.57 Å². The van der Waals surface area contributed by atoms with Crippen LogP contribution in [0.25, 0.3) is 6.08 Å². The number of ether oxygens (including phenoxy) is 1. The fourth-order valence-corrected chi connectivity index (χ4v) is 2.85. The van der Waals surface area contributed by atoms with Crippen LogP contribution in [0.2, 0.25) is 0 Å². The molecule has 0 radical (unpaired) electrons. The van der Waals surface area contributed by atoms with E-state index in [2.05, 4.69) is 38.5 Å². The molecule has 5 heteroatoms. The Morgan fingerprint density at radius 2 is 2.10 bits per heavy atom. The summed E-state index contributed by atoms with van der Waals surface area (Å²) in [6.07, 6.45) is 3.02. The Bertz CT molecular complexity index is 686. The molecular weight excluding hydrogens is 445 g/mol. The predicted octanol–water partition coefficient (Wildman–Crippen LogP) is 4.13. The van der Waals surface area contributed by atoms with E-state index in [-0.39, 0.29) is 0 Å². The number of primary amides is 1. The molecule has 0 saturated heterocycles. The van der Waals surface area contributed by atoms with Crippen LogP contribution < -0.4 is 10.5 Å². The molecule has 0 aliphatic carbocycles. The van der Waals surface area contributed by atoms with Gasteiger partial charge in [-0.25, -0.2) is 0 Å². The van der Waals surface area contributed by atoms with Crippen LogP contribution >= 0.6 is 38.5 Å². The molecule has 1 amide bonds. The lowest BCUT2D eigenvalue weighted by Gasteiger charge is -2.09. The molecule has 2 aromatic rings. The quantitative estimate of drug-likeness (QED) is 0.542. The molecule has 0 atom stereocenters. The standard InChI is InChI=1S/C16H13BrINO2/c17-13-3-1-2-12(8-13)10-21-15-6-4-11(9-14(15)18)5-7-16(19)20/h1-9H,10H2,(H2,19,20)/b7-5-. The Morgan fingerprint density at radius 3 is 2.76 bits per heavy atom. The smallest absolute Gasteiger partial charge is 0.241 e. The van der Waals surface area contributed by atoms with Crippen molar-refractivity contribution in [2.75, 3.05) is 0 Å². The maximum atomic E-state index is 10.7. The summed E-state index contributed by atoms with van der Waals surface area (Å²) < 4.78 is 7.83. The largest absolute Gasteiger partial charge is 0.488 e. The summed E-state index contributed by atoms with van der Waals surface area (Å²) in [7, 11) is 0. The zero-order valence-corrected chi connectivity index (χ0v) is 14.8. The van der Waals surface area contributed by atoms with E-state index >= 15 is 0 Å². The van der Waals surface area contributed by atoms with Gasteiger partial charge in [0.1, 0.15) is 12.4 Å². The van der Waals surface area contributed by atoms with Gasteiger partial charge in [0.25, 0.3) is 0 Å². The number of benzene rings is 2. The summed E-state index contributed by atoms with van der Waals surface area (Å²) in [5, 5.41) is 0. The van der Waals surface area contributed by atoms with Crippen molar-refractivity contribution >= 4 is 50.5 Å². The molecule has 0 heterocycles. The first-order valence-corrected chi connectivity index (χ1v) is 8.06. The second-order valence-electron chi connectivity index (χ2n) is 4.34. The van der Waals surface area contributed by atoms with Gasteiger partial charge < -0.3 is 10.5 Å². The molecule has 0 aliphatic rings. The van der Waals surface area contributed by atoms with E-state index in [9.17, 15) is 4.79 Å². The highest BCUT2D eigenvalue weighted by molar-refractivity contribution is 14.1. The fourth-order valence-electron chi connectivity index (χ4n) is 1.70. The summed E-state index contributed by atoms with van der Waals surface area (Å²) in [5.41, 5.74) is 7.08. The van der Waals surface area contributed by atoms with E-state index in [4.69, 9.17) is 10.5 Å². The first-order valence-electron chi connectivity index (χ1n) is 6.19. The van der Waals surface area contributed by atoms with Crippen LogP contribution in [0.4, 0.5) is 0 Å². The number of hydrogen-bond acceptors (Lipinski definition) is 2. The van der Waals surface area contributed by atoms with Crippen molar-refractivity contribution in [3.8, 4) is 5.75 Å². The summed E-state index contributed by atoms with van der Waals surface area (Å²) in [6, 6.07) is 13.7. The molecule has 0 bridgehead atoms. The van der Waals surface area contributed by atoms with E-state index in [1.807, 2.05) is 42.5 Å². The summed E-state index contributed by atoms with van der Waals surface area (Å²) in [6.45, 7) is 0.506. The van der Waals surface area contributed by atoms with Gasteiger partial charge in [-0.05, 0) is 64.1 Å². The Labute approximate surface area is 145 Å². The second-order valence-corrected chi connectivity index (χ2v) is 6.42. The van der Waals surface area contributed by atoms with Gasteiger partial charge in [0.2, 0.25) is 5.91 Å². The van der Waals surface area contributed by atoms with Crippen molar-refractivity contribution in [1.82, 2.24) is 0 Å². The van der Waals surface area contributed by atoms with Crippen molar-refractivity contribution in [2.24, 2.45) is 5.73 Å². The van der Waals surface area contributed by atoms with Crippen LogP contribution in [0.15, 0.2) is 53.0 Å². The highest BCUT2D eigenvalue weighted by atomic mass is 127. The van der Waals surface area contributed by atoms with Gasteiger partial charge in [-0.2, -0.15) is 0 Å². The van der Waals surface area contributed by atoms with E-state index < -0.39 is 5.91 Å². The minimum absolute atomic E-state index is 0.458. The number of halogens is 2.